The second-order valence-corrected chi connectivity index (χ2v) is 4.72. The molecule has 6 heteroatoms. The third-order valence-electron chi connectivity index (χ3n) is 2.88. The van der Waals surface area contributed by atoms with Crippen LogP contribution in [0.1, 0.15) is 13.8 Å². The Labute approximate surface area is 110 Å². The van der Waals surface area contributed by atoms with Gasteiger partial charge in [0.05, 0.1) is 17.9 Å². The van der Waals surface area contributed by atoms with Gasteiger partial charge in [-0.2, -0.15) is 0 Å². The van der Waals surface area contributed by atoms with Crippen LogP contribution in [-0.2, 0) is 4.74 Å². The number of benzene rings is 1. The molecule has 2 rings (SSSR count). The molecule has 0 bridgehead atoms. The third-order valence-corrected chi connectivity index (χ3v) is 2.88. The van der Waals surface area contributed by atoms with E-state index in [1.165, 1.54) is 6.07 Å². The zero-order valence-electron chi connectivity index (χ0n) is 10.8. The first-order valence-corrected chi connectivity index (χ1v) is 6.12. The van der Waals surface area contributed by atoms with E-state index >= 15 is 0 Å². The normalized spacial score (nSPS) is 23.3. The summed E-state index contributed by atoms with van der Waals surface area (Å²) in [5, 5.41) is 2.44. The maximum atomic E-state index is 13.4. The van der Waals surface area contributed by atoms with Gasteiger partial charge in [-0.1, -0.05) is 0 Å². The summed E-state index contributed by atoms with van der Waals surface area (Å²) in [6.07, 6.45) is -0.125. The fourth-order valence-corrected chi connectivity index (χ4v) is 2.13. The van der Waals surface area contributed by atoms with Gasteiger partial charge >= 0.3 is 6.03 Å². The summed E-state index contributed by atoms with van der Waals surface area (Å²) in [6.45, 7) is 4.63. The third kappa shape index (κ3) is 3.41. The number of ether oxygens (including phenoxy) is 1. The minimum atomic E-state index is -0.789. The second kappa shape index (κ2) is 5.52. The predicted octanol–water partition coefficient (Wildman–Crippen LogP) is 2.61. The highest BCUT2D eigenvalue weighted by atomic mass is 19.1. The lowest BCUT2D eigenvalue weighted by Crippen LogP contribution is -2.49. The van der Waals surface area contributed by atoms with Crippen molar-refractivity contribution in [3.63, 3.8) is 0 Å². The number of urea groups is 1. The fraction of sp³-hybridized carbons (Fsp3) is 0.462. The van der Waals surface area contributed by atoms with Crippen LogP contribution in [0.3, 0.4) is 0 Å². The molecule has 1 heterocycles. The van der Waals surface area contributed by atoms with Crippen molar-refractivity contribution in [3.05, 3.63) is 29.8 Å². The molecule has 2 amide bonds. The number of nitrogens with one attached hydrogen (secondary N) is 1. The van der Waals surface area contributed by atoms with Crippen molar-refractivity contribution in [2.45, 2.75) is 26.1 Å². The van der Waals surface area contributed by atoms with E-state index in [1.807, 2.05) is 13.8 Å². The summed E-state index contributed by atoms with van der Waals surface area (Å²) < 4.78 is 31.7. The van der Waals surface area contributed by atoms with Gasteiger partial charge in [0, 0.05) is 19.2 Å². The summed E-state index contributed by atoms with van der Waals surface area (Å²) in [4.78, 5) is 13.6. The molecule has 0 aliphatic carbocycles. The van der Waals surface area contributed by atoms with Crippen LogP contribution < -0.4 is 5.32 Å². The van der Waals surface area contributed by atoms with E-state index in [2.05, 4.69) is 5.32 Å². The van der Waals surface area contributed by atoms with Gasteiger partial charge in [-0.15, -0.1) is 0 Å². The molecule has 0 spiro atoms. The van der Waals surface area contributed by atoms with Gasteiger partial charge in [-0.3, -0.25) is 0 Å². The number of anilines is 1. The van der Waals surface area contributed by atoms with Gasteiger partial charge in [-0.05, 0) is 26.0 Å². The lowest BCUT2D eigenvalue weighted by atomic mass is 10.2. The summed E-state index contributed by atoms with van der Waals surface area (Å²) >= 11 is 0. The molecule has 0 aromatic heterocycles. The maximum absolute atomic E-state index is 13.4. The van der Waals surface area contributed by atoms with Crippen molar-refractivity contribution >= 4 is 11.7 Å². The smallest absolute Gasteiger partial charge is 0.322 e. The van der Waals surface area contributed by atoms with Gasteiger partial charge < -0.3 is 15.0 Å². The molecule has 1 fully saturated rings. The molecule has 0 unspecified atom stereocenters. The molecule has 1 saturated heterocycles. The fourth-order valence-electron chi connectivity index (χ4n) is 2.13. The van der Waals surface area contributed by atoms with E-state index in [4.69, 9.17) is 4.74 Å². The Morgan fingerprint density at radius 3 is 2.53 bits per heavy atom. The van der Waals surface area contributed by atoms with Crippen LogP contribution in [0.15, 0.2) is 18.2 Å². The minimum Gasteiger partial charge on any atom is -0.372 e. The van der Waals surface area contributed by atoms with Crippen molar-refractivity contribution in [3.8, 4) is 0 Å². The van der Waals surface area contributed by atoms with Crippen LogP contribution in [-0.4, -0.2) is 36.2 Å². The van der Waals surface area contributed by atoms with E-state index in [0.29, 0.717) is 13.1 Å². The first-order valence-electron chi connectivity index (χ1n) is 6.12. The van der Waals surface area contributed by atoms with E-state index in [1.54, 1.807) is 4.90 Å². The molecule has 1 aliphatic rings. The van der Waals surface area contributed by atoms with Gasteiger partial charge in [0.2, 0.25) is 0 Å². The second-order valence-electron chi connectivity index (χ2n) is 4.72. The number of carbonyl (C=O) groups excluding carboxylic acids is 1. The molecular formula is C13H16F2N2O2. The first kappa shape index (κ1) is 13.7. The molecule has 1 aromatic rings. The van der Waals surface area contributed by atoms with Crippen molar-refractivity contribution in [1.82, 2.24) is 4.90 Å². The zero-order chi connectivity index (χ0) is 14.0. The quantitative estimate of drug-likeness (QED) is 0.852. The van der Waals surface area contributed by atoms with E-state index in [0.717, 1.165) is 12.1 Å². The Balaban J connectivity index is 2.04. The number of hydrogen-bond acceptors (Lipinski definition) is 2. The number of morpholine rings is 1. The van der Waals surface area contributed by atoms with Crippen molar-refractivity contribution in [2.75, 3.05) is 18.4 Å². The summed E-state index contributed by atoms with van der Waals surface area (Å²) in [5.41, 5.74) is -0.0294. The molecule has 0 saturated carbocycles. The van der Waals surface area contributed by atoms with Crippen LogP contribution in [0.2, 0.25) is 0 Å². The molecule has 19 heavy (non-hydrogen) atoms. The van der Waals surface area contributed by atoms with Crippen LogP contribution >= 0.6 is 0 Å². The predicted molar refractivity (Wildman–Crippen MR) is 67.0 cm³/mol. The van der Waals surface area contributed by atoms with Crippen LogP contribution in [0.25, 0.3) is 0 Å². The summed E-state index contributed by atoms with van der Waals surface area (Å²) in [5.74, 6) is -1.47. The Hall–Kier alpha value is -1.69. The molecule has 0 radical (unpaired) electrons. The van der Waals surface area contributed by atoms with Gasteiger partial charge in [0.25, 0.3) is 0 Å². The number of halogens is 2. The molecular weight excluding hydrogens is 254 g/mol. The van der Waals surface area contributed by atoms with Crippen molar-refractivity contribution in [2.24, 2.45) is 0 Å². The number of carbonyl (C=O) groups is 1. The number of rotatable bonds is 1. The summed E-state index contributed by atoms with van der Waals surface area (Å²) in [7, 11) is 0. The topological polar surface area (TPSA) is 41.6 Å². The van der Waals surface area contributed by atoms with E-state index < -0.39 is 17.7 Å². The number of hydrogen-bond donors (Lipinski definition) is 1. The Morgan fingerprint density at radius 1 is 1.32 bits per heavy atom. The molecule has 4 nitrogen and oxygen atoms in total. The highest BCUT2D eigenvalue weighted by Crippen LogP contribution is 2.17. The molecule has 1 aromatic carbocycles. The van der Waals surface area contributed by atoms with Gasteiger partial charge in [-0.25, -0.2) is 13.6 Å². The Bertz CT molecular complexity index is 472. The van der Waals surface area contributed by atoms with Crippen molar-refractivity contribution < 1.29 is 18.3 Å². The SMILES string of the molecule is C[C@@H]1CN(C(=O)Nc2ccc(F)cc2F)C[C@@H](C)O1. The average molecular weight is 270 g/mol. The van der Waals surface area contributed by atoms with Crippen LogP contribution in [0.4, 0.5) is 19.3 Å². The maximum Gasteiger partial charge on any atom is 0.322 e. The standard InChI is InChI=1S/C13H16F2N2O2/c1-8-6-17(7-9(2)19-8)13(18)16-12-4-3-10(14)5-11(12)15/h3-5,8-9H,6-7H2,1-2H3,(H,16,18)/t8-,9-/m1/s1. The average Bonchev–Trinajstić information content (AvgIpc) is 2.31. The molecule has 104 valence electrons. The van der Waals surface area contributed by atoms with Crippen LogP contribution in [0.5, 0.6) is 0 Å². The van der Waals surface area contributed by atoms with Crippen molar-refractivity contribution in [1.29, 1.82) is 0 Å². The number of nitrogens with zero attached hydrogens (tertiary/aromatic N) is 1. The Kier molecular flexibility index (Phi) is 3.99. The lowest BCUT2D eigenvalue weighted by molar-refractivity contribution is -0.0530. The summed E-state index contributed by atoms with van der Waals surface area (Å²) in [6, 6.07) is 2.63. The first-order chi connectivity index (χ1) is 8.95. The zero-order valence-corrected chi connectivity index (χ0v) is 10.8. The van der Waals surface area contributed by atoms with Gasteiger partial charge in [0.15, 0.2) is 0 Å². The molecule has 1 aliphatic heterocycles. The van der Waals surface area contributed by atoms with Crippen LogP contribution in [0, 0.1) is 11.6 Å². The van der Waals surface area contributed by atoms with Gasteiger partial charge in [0.1, 0.15) is 11.6 Å². The molecule has 2 atom stereocenters. The largest absolute Gasteiger partial charge is 0.372 e. The highest BCUT2D eigenvalue weighted by molar-refractivity contribution is 5.89. The minimum absolute atomic E-state index is 0.0294. The monoisotopic (exact) mass is 270 g/mol. The molecule has 1 N–H and O–H groups in total. The highest BCUT2D eigenvalue weighted by Gasteiger charge is 2.26. The van der Waals surface area contributed by atoms with E-state index in [-0.39, 0.29) is 17.9 Å². The number of amides is 2. The Morgan fingerprint density at radius 2 is 1.95 bits per heavy atom. The van der Waals surface area contributed by atoms with E-state index in [9.17, 15) is 13.6 Å². The lowest BCUT2D eigenvalue weighted by Gasteiger charge is -2.35.